The van der Waals surface area contributed by atoms with Gasteiger partial charge in [-0.25, -0.2) is 8.42 Å². The summed E-state index contributed by atoms with van der Waals surface area (Å²) in [5, 5.41) is 8.88. The zero-order valence-corrected chi connectivity index (χ0v) is 12.2. The molecule has 7 heteroatoms. The lowest BCUT2D eigenvalue weighted by molar-refractivity contribution is -0.137. The third-order valence-electron chi connectivity index (χ3n) is 2.29. The minimum absolute atomic E-state index is 0.0158. The number of hydrogen-bond donors (Lipinski definition) is 2. The molecule has 0 atom stereocenters. The Morgan fingerprint density at radius 1 is 1.25 bits per heavy atom. The molecule has 0 aliphatic heterocycles. The van der Waals surface area contributed by atoms with E-state index >= 15 is 0 Å². The summed E-state index contributed by atoms with van der Waals surface area (Å²) in [5.41, 5.74) is 0. The van der Waals surface area contributed by atoms with E-state index in [4.69, 9.17) is 16.7 Å². The number of rotatable bonds is 6. The molecule has 0 saturated heterocycles. The van der Waals surface area contributed by atoms with Crippen molar-refractivity contribution in [1.82, 2.24) is 4.72 Å². The number of hydrogen-bond acceptors (Lipinski definition) is 3. The summed E-state index contributed by atoms with van der Waals surface area (Å²) in [6, 6.07) is 5.80. The van der Waals surface area contributed by atoms with Crippen molar-refractivity contribution >= 4 is 27.6 Å². The van der Waals surface area contributed by atoms with Gasteiger partial charge in [-0.15, -0.1) is 5.92 Å². The Bertz CT molecular complexity index is 614. The predicted octanol–water partition coefficient (Wildman–Crippen LogP) is 1.88. The number of carboxylic acid groups (broad SMARTS) is 1. The van der Waals surface area contributed by atoms with Crippen molar-refractivity contribution in [2.45, 2.75) is 24.2 Å². The van der Waals surface area contributed by atoms with Gasteiger partial charge in [-0.05, 0) is 30.7 Å². The van der Waals surface area contributed by atoms with Crippen molar-refractivity contribution in [3.05, 3.63) is 29.3 Å². The second kappa shape index (κ2) is 7.90. The minimum atomic E-state index is -3.59. The Hall–Kier alpha value is -1.55. The van der Waals surface area contributed by atoms with Crippen LogP contribution in [0, 0.1) is 11.8 Å². The molecule has 0 spiro atoms. The molecule has 0 radical (unpaired) electrons. The monoisotopic (exact) mass is 315 g/mol. The maximum Gasteiger partial charge on any atom is 0.303 e. The summed E-state index contributed by atoms with van der Waals surface area (Å²) < 4.78 is 26.0. The number of unbranched alkanes of at least 4 members (excludes halogenated alkanes) is 1. The SMILES string of the molecule is O=C(O)CCCC#CCNS(=O)(=O)c1ccc(Cl)cc1. The number of benzene rings is 1. The van der Waals surface area contributed by atoms with E-state index in [0.717, 1.165) is 0 Å². The third kappa shape index (κ3) is 6.06. The van der Waals surface area contributed by atoms with Crippen molar-refractivity contribution in [1.29, 1.82) is 0 Å². The first-order valence-electron chi connectivity index (χ1n) is 5.84. The zero-order valence-electron chi connectivity index (χ0n) is 10.6. The fourth-order valence-corrected chi connectivity index (χ4v) is 2.36. The highest BCUT2D eigenvalue weighted by Gasteiger charge is 2.11. The number of sulfonamides is 1. The zero-order chi connectivity index (χ0) is 15.0. The van der Waals surface area contributed by atoms with Gasteiger partial charge < -0.3 is 5.11 Å². The Balaban J connectivity index is 2.43. The maximum absolute atomic E-state index is 11.8. The van der Waals surface area contributed by atoms with Crippen molar-refractivity contribution in [2.75, 3.05) is 6.54 Å². The topological polar surface area (TPSA) is 83.5 Å². The summed E-state index contributed by atoms with van der Waals surface area (Å²) in [7, 11) is -3.59. The van der Waals surface area contributed by atoms with Crippen LogP contribution in [0.1, 0.15) is 19.3 Å². The van der Waals surface area contributed by atoms with E-state index in [0.29, 0.717) is 17.9 Å². The molecule has 20 heavy (non-hydrogen) atoms. The molecule has 0 fully saturated rings. The van der Waals surface area contributed by atoms with Gasteiger partial charge >= 0.3 is 5.97 Å². The average molecular weight is 316 g/mol. The molecule has 5 nitrogen and oxygen atoms in total. The van der Waals surface area contributed by atoms with Crippen LogP contribution in [0.5, 0.6) is 0 Å². The molecule has 0 saturated carbocycles. The Labute approximate surface area is 123 Å². The smallest absolute Gasteiger partial charge is 0.303 e. The van der Waals surface area contributed by atoms with Crippen molar-refractivity contribution < 1.29 is 18.3 Å². The Kier molecular flexibility index (Phi) is 6.52. The maximum atomic E-state index is 11.8. The molecular weight excluding hydrogens is 302 g/mol. The quantitative estimate of drug-likeness (QED) is 0.620. The van der Waals surface area contributed by atoms with Crippen molar-refractivity contribution in [3.63, 3.8) is 0 Å². The Morgan fingerprint density at radius 2 is 1.90 bits per heavy atom. The van der Waals surface area contributed by atoms with Crippen LogP contribution in [0.3, 0.4) is 0 Å². The second-order valence-electron chi connectivity index (χ2n) is 3.88. The third-order valence-corrected chi connectivity index (χ3v) is 3.96. The van der Waals surface area contributed by atoms with Gasteiger partial charge in [-0.1, -0.05) is 17.5 Å². The van der Waals surface area contributed by atoms with E-state index in [-0.39, 0.29) is 17.9 Å². The minimum Gasteiger partial charge on any atom is -0.481 e. The molecule has 1 rings (SSSR count). The van der Waals surface area contributed by atoms with E-state index in [1.54, 1.807) is 0 Å². The highest BCUT2D eigenvalue weighted by molar-refractivity contribution is 7.89. The highest BCUT2D eigenvalue weighted by atomic mass is 35.5. The number of nitrogens with one attached hydrogen (secondary N) is 1. The molecule has 0 amide bonds. The normalized spacial score (nSPS) is 10.7. The van der Waals surface area contributed by atoms with Crippen LogP contribution in [0.4, 0.5) is 0 Å². The van der Waals surface area contributed by atoms with Gasteiger partial charge in [0.1, 0.15) is 0 Å². The summed E-state index contributed by atoms with van der Waals surface area (Å²) in [5.74, 6) is 4.48. The van der Waals surface area contributed by atoms with Gasteiger partial charge in [0.2, 0.25) is 10.0 Å². The number of carbonyl (C=O) groups is 1. The van der Waals surface area contributed by atoms with E-state index in [1.165, 1.54) is 24.3 Å². The van der Waals surface area contributed by atoms with Gasteiger partial charge in [0.05, 0.1) is 11.4 Å². The lowest BCUT2D eigenvalue weighted by Crippen LogP contribution is -2.23. The van der Waals surface area contributed by atoms with E-state index in [2.05, 4.69) is 16.6 Å². The van der Waals surface area contributed by atoms with Crippen LogP contribution < -0.4 is 4.72 Å². The van der Waals surface area contributed by atoms with E-state index < -0.39 is 16.0 Å². The summed E-state index contributed by atoms with van der Waals surface area (Å²) in [6.07, 6.45) is 0.937. The van der Waals surface area contributed by atoms with E-state index in [9.17, 15) is 13.2 Å². The van der Waals surface area contributed by atoms with Gasteiger partial charge in [0.15, 0.2) is 0 Å². The molecule has 0 heterocycles. The first-order valence-corrected chi connectivity index (χ1v) is 7.71. The number of carboxylic acids is 1. The molecule has 2 N–H and O–H groups in total. The van der Waals surface area contributed by atoms with Crippen molar-refractivity contribution in [3.8, 4) is 11.8 Å². The van der Waals surface area contributed by atoms with Crippen LogP contribution in [-0.2, 0) is 14.8 Å². The molecule has 0 aliphatic rings. The molecule has 1 aromatic carbocycles. The molecule has 0 aromatic heterocycles. The summed E-state index contributed by atoms with van der Waals surface area (Å²) >= 11 is 5.68. The largest absolute Gasteiger partial charge is 0.481 e. The number of aliphatic carboxylic acids is 1. The lowest BCUT2D eigenvalue weighted by atomic mass is 10.2. The van der Waals surface area contributed by atoms with Gasteiger partial charge in [0.25, 0.3) is 0 Å². The van der Waals surface area contributed by atoms with Crippen molar-refractivity contribution in [2.24, 2.45) is 0 Å². The Morgan fingerprint density at radius 3 is 2.50 bits per heavy atom. The second-order valence-corrected chi connectivity index (χ2v) is 6.08. The lowest BCUT2D eigenvalue weighted by Gasteiger charge is -2.03. The molecule has 1 aromatic rings. The van der Waals surface area contributed by atoms with Gasteiger partial charge in [-0.3, -0.25) is 4.79 Å². The summed E-state index contributed by atoms with van der Waals surface area (Å²) in [4.78, 5) is 10.4. The van der Waals surface area contributed by atoms with Crippen LogP contribution in [-0.4, -0.2) is 26.0 Å². The fraction of sp³-hybridized carbons (Fsp3) is 0.308. The number of halogens is 1. The predicted molar refractivity (Wildman–Crippen MR) is 75.9 cm³/mol. The van der Waals surface area contributed by atoms with Gasteiger partial charge in [-0.2, -0.15) is 4.72 Å². The molecule has 108 valence electrons. The highest BCUT2D eigenvalue weighted by Crippen LogP contribution is 2.13. The molecule has 0 aliphatic carbocycles. The molecule has 0 unspecified atom stereocenters. The fourth-order valence-electron chi connectivity index (χ4n) is 1.31. The van der Waals surface area contributed by atoms with Crippen LogP contribution in [0.2, 0.25) is 5.02 Å². The van der Waals surface area contributed by atoms with Crippen LogP contribution >= 0.6 is 11.6 Å². The molecule has 0 bridgehead atoms. The molecular formula is C13H14ClNO4S. The van der Waals surface area contributed by atoms with Crippen LogP contribution in [0.25, 0.3) is 0 Å². The first-order chi connectivity index (χ1) is 9.42. The average Bonchev–Trinajstić information content (AvgIpc) is 2.37. The standard InChI is InChI=1S/C13H14ClNO4S/c14-11-6-8-12(9-7-11)20(18,19)15-10-4-2-1-3-5-13(16)17/h6-9,15H,1,3,5,10H2,(H,16,17). The first kappa shape index (κ1) is 16.5. The summed E-state index contributed by atoms with van der Waals surface area (Å²) in [6.45, 7) is -0.0158. The van der Waals surface area contributed by atoms with Crippen LogP contribution in [0.15, 0.2) is 29.2 Å². The van der Waals surface area contributed by atoms with E-state index in [1.807, 2.05) is 0 Å². The van der Waals surface area contributed by atoms with Gasteiger partial charge in [0, 0.05) is 17.9 Å².